The maximum absolute atomic E-state index is 12.0. The van der Waals surface area contributed by atoms with Crippen LogP contribution in [0.15, 0.2) is 11.2 Å². The summed E-state index contributed by atoms with van der Waals surface area (Å²) in [6.07, 6.45) is -3.29. The van der Waals surface area contributed by atoms with Gasteiger partial charge in [0.05, 0.1) is 13.0 Å². The Morgan fingerprint density at radius 2 is 2.10 bits per heavy atom. The van der Waals surface area contributed by atoms with Gasteiger partial charge >= 0.3 is 6.18 Å². The Balaban J connectivity index is 0.00000361. The number of aliphatic imine (C=N–C) groups is 1. The van der Waals surface area contributed by atoms with Gasteiger partial charge in [0, 0.05) is 24.2 Å². The second-order valence-corrected chi connectivity index (χ2v) is 5.17. The van der Waals surface area contributed by atoms with Gasteiger partial charge in [-0.3, -0.25) is 0 Å². The number of thiazole rings is 1. The molecule has 4 nitrogen and oxygen atoms in total. The van der Waals surface area contributed by atoms with Crippen LogP contribution in [-0.4, -0.2) is 30.2 Å². The predicted molar refractivity (Wildman–Crippen MR) is 85.8 cm³/mol. The summed E-state index contributed by atoms with van der Waals surface area (Å²) in [4.78, 5) is 9.42. The lowest BCUT2D eigenvalue weighted by atomic mass is 10.4. The molecule has 0 aromatic carbocycles. The zero-order valence-corrected chi connectivity index (χ0v) is 14.4. The Morgan fingerprint density at radius 1 is 1.40 bits per heavy atom. The largest absolute Gasteiger partial charge is 0.390 e. The first-order chi connectivity index (χ1) is 8.90. The monoisotopic (exact) mass is 422 g/mol. The minimum Gasteiger partial charge on any atom is -0.357 e. The van der Waals surface area contributed by atoms with Crippen LogP contribution < -0.4 is 10.6 Å². The highest BCUT2D eigenvalue weighted by Crippen LogP contribution is 2.18. The van der Waals surface area contributed by atoms with Gasteiger partial charge < -0.3 is 10.6 Å². The summed E-state index contributed by atoms with van der Waals surface area (Å²) >= 11 is 1.52. The number of halogens is 4. The number of nitrogens with one attached hydrogen (secondary N) is 2. The Hall–Kier alpha value is -0.580. The summed E-state index contributed by atoms with van der Waals surface area (Å²) in [6, 6.07) is 0. The van der Waals surface area contributed by atoms with E-state index >= 15 is 0 Å². The minimum absolute atomic E-state index is 0. The third kappa shape index (κ3) is 8.56. The van der Waals surface area contributed by atoms with Gasteiger partial charge in [0.2, 0.25) is 0 Å². The smallest absolute Gasteiger partial charge is 0.357 e. The minimum atomic E-state index is -4.16. The third-order valence-electron chi connectivity index (χ3n) is 2.09. The highest BCUT2D eigenvalue weighted by atomic mass is 127. The number of guanidine groups is 1. The molecule has 0 aliphatic carbocycles. The summed E-state index contributed by atoms with van der Waals surface area (Å²) in [5.74, 6) is 0.375. The maximum atomic E-state index is 12.0. The maximum Gasteiger partial charge on any atom is 0.390 e. The fraction of sp³-hybridized carbons (Fsp3) is 0.636. The first kappa shape index (κ1) is 19.4. The average molecular weight is 422 g/mol. The van der Waals surface area contributed by atoms with Gasteiger partial charge in [-0.15, -0.1) is 35.3 Å². The van der Waals surface area contributed by atoms with Crippen molar-refractivity contribution in [3.63, 3.8) is 0 Å². The van der Waals surface area contributed by atoms with E-state index in [4.69, 9.17) is 0 Å². The molecular weight excluding hydrogens is 404 g/mol. The number of aryl methyl sites for hydroxylation is 1. The van der Waals surface area contributed by atoms with Crippen LogP contribution in [0.4, 0.5) is 13.2 Å². The van der Waals surface area contributed by atoms with Crippen LogP contribution in [0.3, 0.4) is 0 Å². The predicted octanol–water partition coefficient (Wildman–Crippen LogP) is 3.08. The number of hydrogen-bond acceptors (Lipinski definition) is 3. The van der Waals surface area contributed by atoms with Crippen molar-refractivity contribution in [3.05, 3.63) is 16.1 Å². The molecule has 0 bridgehead atoms. The molecule has 2 N–H and O–H groups in total. The van der Waals surface area contributed by atoms with Gasteiger partial charge in [-0.2, -0.15) is 13.2 Å². The van der Waals surface area contributed by atoms with Crippen molar-refractivity contribution in [1.82, 2.24) is 15.6 Å². The first-order valence-electron chi connectivity index (χ1n) is 5.91. The fourth-order valence-corrected chi connectivity index (χ4v) is 2.00. The Morgan fingerprint density at radius 3 is 2.60 bits per heavy atom. The Kier molecular flexibility index (Phi) is 9.10. The molecule has 0 spiro atoms. The molecular formula is C11H18F3IN4S. The SMILES string of the molecule is CCNC(=NCc1ncc(C)s1)NCCC(F)(F)F.I. The molecule has 0 unspecified atom stereocenters. The second kappa shape index (κ2) is 9.37. The quantitative estimate of drug-likeness (QED) is 0.436. The summed E-state index contributed by atoms with van der Waals surface area (Å²) in [7, 11) is 0. The molecule has 1 rings (SSSR count). The van der Waals surface area contributed by atoms with Gasteiger partial charge in [-0.1, -0.05) is 0 Å². The van der Waals surface area contributed by atoms with E-state index < -0.39 is 12.6 Å². The second-order valence-electron chi connectivity index (χ2n) is 3.85. The van der Waals surface area contributed by atoms with E-state index in [-0.39, 0.29) is 30.5 Å². The number of hydrogen-bond donors (Lipinski definition) is 2. The van der Waals surface area contributed by atoms with E-state index in [0.717, 1.165) is 9.88 Å². The Labute approximate surface area is 137 Å². The van der Waals surface area contributed by atoms with Crippen LogP contribution in [0.5, 0.6) is 0 Å². The van der Waals surface area contributed by atoms with Crippen molar-refractivity contribution in [3.8, 4) is 0 Å². The standard InChI is InChI=1S/C11H17F3N4S.HI/c1-3-15-10(16-5-4-11(12,13)14)18-7-9-17-6-8(2)19-9;/h6H,3-5,7H2,1-2H3,(H2,15,16,18);1H. The molecule has 0 aliphatic rings. The highest BCUT2D eigenvalue weighted by molar-refractivity contribution is 14.0. The topological polar surface area (TPSA) is 49.3 Å². The molecule has 0 saturated heterocycles. The normalized spacial score (nSPS) is 11.9. The van der Waals surface area contributed by atoms with Gasteiger partial charge in [-0.25, -0.2) is 9.98 Å². The van der Waals surface area contributed by atoms with Crippen molar-refractivity contribution < 1.29 is 13.2 Å². The van der Waals surface area contributed by atoms with Crippen molar-refractivity contribution in [2.75, 3.05) is 13.1 Å². The molecule has 0 saturated carbocycles. The summed E-state index contributed by atoms with van der Waals surface area (Å²) in [6.45, 7) is 4.56. The number of alkyl halides is 3. The molecule has 0 radical (unpaired) electrons. The van der Waals surface area contributed by atoms with E-state index in [2.05, 4.69) is 20.6 Å². The van der Waals surface area contributed by atoms with Crippen LogP contribution in [0.25, 0.3) is 0 Å². The number of nitrogens with zero attached hydrogens (tertiary/aromatic N) is 2. The lowest BCUT2D eigenvalue weighted by molar-refractivity contribution is -0.132. The molecule has 1 aromatic rings. The zero-order valence-electron chi connectivity index (χ0n) is 11.3. The molecule has 0 fully saturated rings. The van der Waals surface area contributed by atoms with E-state index in [9.17, 15) is 13.2 Å². The van der Waals surface area contributed by atoms with Crippen molar-refractivity contribution in [2.45, 2.75) is 33.0 Å². The molecule has 1 heterocycles. The van der Waals surface area contributed by atoms with Crippen LogP contribution in [0, 0.1) is 6.92 Å². The molecule has 0 amide bonds. The molecule has 0 aliphatic heterocycles. The first-order valence-corrected chi connectivity index (χ1v) is 6.72. The summed E-state index contributed by atoms with van der Waals surface area (Å²) < 4.78 is 36.1. The van der Waals surface area contributed by atoms with Gasteiger partial charge in [-0.05, 0) is 13.8 Å². The van der Waals surface area contributed by atoms with Crippen molar-refractivity contribution >= 4 is 41.3 Å². The summed E-state index contributed by atoms with van der Waals surface area (Å²) in [5, 5.41) is 6.38. The van der Waals surface area contributed by atoms with E-state index in [1.54, 1.807) is 6.20 Å². The molecule has 1 aromatic heterocycles. The van der Waals surface area contributed by atoms with Gasteiger partial charge in [0.25, 0.3) is 0 Å². The van der Waals surface area contributed by atoms with E-state index in [1.165, 1.54) is 11.3 Å². The van der Waals surface area contributed by atoms with Crippen molar-refractivity contribution in [1.29, 1.82) is 0 Å². The average Bonchev–Trinajstić information content (AvgIpc) is 2.70. The van der Waals surface area contributed by atoms with E-state index in [0.29, 0.717) is 19.0 Å². The molecule has 0 atom stereocenters. The van der Waals surface area contributed by atoms with Crippen LogP contribution >= 0.6 is 35.3 Å². The lowest BCUT2D eigenvalue weighted by Gasteiger charge is -2.12. The number of rotatable bonds is 5. The number of aromatic nitrogens is 1. The zero-order chi connectivity index (χ0) is 14.3. The molecule has 116 valence electrons. The highest BCUT2D eigenvalue weighted by Gasteiger charge is 2.26. The third-order valence-corrected chi connectivity index (χ3v) is 2.98. The van der Waals surface area contributed by atoms with E-state index in [1.807, 2.05) is 13.8 Å². The van der Waals surface area contributed by atoms with Crippen LogP contribution in [-0.2, 0) is 6.54 Å². The Bertz CT molecular complexity index is 420. The van der Waals surface area contributed by atoms with Gasteiger partial charge in [0.1, 0.15) is 5.01 Å². The fourth-order valence-electron chi connectivity index (χ4n) is 1.29. The van der Waals surface area contributed by atoms with Crippen molar-refractivity contribution in [2.24, 2.45) is 4.99 Å². The molecule has 9 heteroatoms. The van der Waals surface area contributed by atoms with Crippen LogP contribution in [0.2, 0.25) is 0 Å². The summed E-state index contributed by atoms with van der Waals surface area (Å²) in [5.41, 5.74) is 0. The van der Waals surface area contributed by atoms with Crippen LogP contribution in [0.1, 0.15) is 23.2 Å². The molecule has 20 heavy (non-hydrogen) atoms. The van der Waals surface area contributed by atoms with Gasteiger partial charge in [0.15, 0.2) is 5.96 Å². The lowest BCUT2D eigenvalue weighted by Crippen LogP contribution is -2.38.